The Bertz CT molecular complexity index is 1050. The number of hydrogen-bond acceptors (Lipinski definition) is 6. The van der Waals surface area contributed by atoms with Gasteiger partial charge in [0.25, 0.3) is 5.89 Å². The van der Waals surface area contributed by atoms with E-state index in [9.17, 15) is 18.0 Å². The minimum Gasteiger partial charge on any atom is -0.336 e. The van der Waals surface area contributed by atoms with E-state index >= 15 is 0 Å². The molecule has 4 rings (SSSR count). The van der Waals surface area contributed by atoms with Gasteiger partial charge in [-0.3, -0.25) is 4.98 Å². The molecule has 2 N–H and O–H groups in total. The highest BCUT2D eigenvalue weighted by Gasteiger charge is 2.41. The van der Waals surface area contributed by atoms with Gasteiger partial charge < -0.3 is 15.2 Å². The van der Waals surface area contributed by atoms with E-state index in [0.717, 1.165) is 31.4 Å². The number of nitrogens with zero attached hydrogens (tertiary/aromatic N) is 4. The number of amides is 2. The van der Waals surface area contributed by atoms with E-state index in [4.69, 9.17) is 4.52 Å². The number of aromatic nitrogens is 4. The van der Waals surface area contributed by atoms with Crippen LogP contribution in [-0.2, 0) is 11.7 Å². The van der Waals surface area contributed by atoms with Crippen molar-refractivity contribution in [3.05, 3.63) is 54.3 Å². The van der Waals surface area contributed by atoms with Crippen LogP contribution in [0, 0.1) is 0 Å². The zero-order chi connectivity index (χ0) is 21.9. The molecular weight excluding hydrogens is 413 g/mol. The number of rotatable bonds is 4. The van der Waals surface area contributed by atoms with Crippen molar-refractivity contribution in [1.82, 2.24) is 25.4 Å². The van der Waals surface area contributed by atoms with Gasteiger partial charge in [0.1, 0.15) is 11.2 Å². The Morgan fingerprint density at radius 3 is 2.65 bits per heavy atom. The Morgan fingerprint density at radius 1 is 1.13 bits per heavy atom. The fourth-order valence-electron chi connectivity index (χ4n) is 3.64. The van der Waals surface area contributed by atoms with Crippen LogP contribution in [0.4, 0.5) is 23.7 Å². The highest BCUT2D eigenvalue weighted by atomic mass is 19.4. The first-order chi connectivity index (χ1) is 14.9. The molecule has 2 heterocycles. The topological polar surface area (TPSA) is 106 Å². The molecule has 0 spiro atoms. The van der Waals surface area contributed by atoms with Gasteiger partial charge in [0.15, 0.2) is 0 Å². The smallest absolute Gasteiger partial charge is 0.336 e. The number of carbonyl (C=O) groups is 1. The van der Waals surface area contributed by atoms with Gasteiger partial charge in [-0.05, 0) is 31.0 Å². The second-order valence-corrected chi connectivity index (χ2v) is 7.31. The van der Waals surface area contributed by atoms with E-state index in [2.05, 4.69) is 30.7 Å². The third-order valence-corrected chi connectivity index (χ3v) is 5.14. The SMILES string of the molecule is O=C(Nc1cccc(C(F)(F)F)c1)NC1(c2nc(-c3cnccn3)no2)CCCCC1. The Morgan fingerprint density at radius 2 is 1.94 bits per heavy atom. The highest BCUT2D eigenvalue weighted by molar-refractivity contribution is 5.89. The standard InChI is InChI=1S/C20H19F3N6O2/c21-20(22,23)13-5-4-6-14(11-13)26-18(30)28-19(7-2-1-3-8-19)17-27-16(29-31-17)15-12-24-9-10-25-15/h4-6,9-12H,1-3,7-8H2,(H2,26,28,30). The molecular formula is C20H19F3N6O2. The average molecular weight is 432 g/mol. The van der Waals surface area contributed by atoms with Crippen molar-refractivity contribution in [2.24, 2.45) is 0 Å². The van der Waals surface area contributed by atoms with Crippen LogP contribution >= 0.6 is 0 Å². The van der Waals surface area contributed by atoms with Crippen LogP contribution in [-0.4, -0.2) is 26.1 Å². The summed E-state index contributed by atoms with van der Waals surface area (Å²) >= 11 is 0. The fourth-order valence-corrected chi connectivity index (χ4v) is 3.64. The molecule has 0 radical (unpaired) electrons. The second-order valence-electron chi connectivity index (χ2n) is 7.31. The van der Waals surface area contributed by atoms with Crippen LogP contribution in [0.1, 0.15) is 43.6 Å². The molecule has 2 amide bonds. The van der Waals surface area contributed by atoms with E-state index in [1.165, 1.54) is 30.7 Å². The first-order valence-electron chi connectivity index (χ1n) is 9.73. The van der Waals surface area contributed by atoms with Crippen molar-refractivity contribution >= 4 is 11.7 Å². The lowest BCUT2D eigenvalue weighted by Gasteiger charge is -2.34. The summed E-state index contributed by atoms with van der Waals surface area (Å²) in [5.74, 6) is 0.472. The van der Waals surface area contributed by atoms with Crippen LogP contribution < -0.4 is 10.6 Å². The lowest BCUT2D eigenvalue weighted by Crippen LogP contribution is -2.49. The van der Waals surface area contributed by atoms with Crippen LogP contribution in [0.5, 0.6) is 0 Å². The van der Waals surface area contributed by atoms with Crippen molar-refractivity contribution in [1.29, 1.82) is 0 Å². The van der Waals surface area contributed by atoms with Crippen molar-refractivity contribution in [3.8, 4) is 11.5 Å². The third kappa shape index (κ3) is 4.65. The summed E-state index contributed by atoms with van der Waals surface area (Å²) in [6.07, 6.45) is 3.78. The van der Waals surface area contributed by atoms with Gasteiger partial charge in [0, 0.05) is 18.1 Å². The van der Waals surface area contributed by atoms with Crippen LogP contribution in [0.15, 0.2) is 47.4 Å². The normalized spacial score (nSPS) is 16.0. The van der Waals surface area contributed by atoms with Crippen molar-refractivity contribution in [2.45, 2.75) is 43.8 Å². The molecule has 0 unspecified atom stereocenters. The molecule has 1 aliphatic carbocycles. The fraction of sp³-hybridized carbons (Fsp3) is 0.350. The molecule has 1 aliphatic rings. The van der Waals surface area contributed by atoms with Crippen molar-refractivity contribution < 1.29 is 22.5 Å². The maximum atomic E-state index is 12.9. The molecule has 1 saturated carbocycles. The molecule has 0 aliphatic heterocycles. The molecule has 0 bridgehead atoms. The lowest BCUT2D eigenvalue weighted by molar-refractivity contribution is -0.137. The van der Waals surface area contributed by atoms with Gasteiger partial charge in [-0.2, -0.15) is 18.2 Å². The number of anilines is 1. The molecule has 2 aromatic heterocycles. The monoisotopic (exact) mass is 432 g/mol. The van der Waals surface area contributed by atoms with Crippen LogP contribution in [0.3, 0.4) is 0 Å². The number of benzene rings is 1. The molecule has 3 aromatic rings. The first-order valence-corrected chi connectivity index (χ1v) is 9.73. The molecule has 0 atom stereocenters. The summed E-state index contributed by atoms with van der Waals surface area (Å²) < 4.78 is 44.3. The molecule has 162 valence electrons. The number of halogens is 3. The van der Waals surface area contributed by atoms with E-state index in [0.29, 0.717) is 18.5 Å². The maximum Gasteiger partial charge on any atom is 0.416 e. The van der Waals surface area contributed by atoms with E-state index in [-0.39, 0.29) is 17.4 Å². The lowest BCUT2D eigenvalue weighted by atomic mass is 9.81. The quantitative estimate of drug-likeness (QED) is 0.628. The molecule has 1 aromatic carbocycles. The van der Waals surface area contributed by atoms with Gasteiger partial charge in [-0.15, -0.1) is 0 Å². The predicted molar refractivity (Wildman–Crippen MR) is 104 cm³/mol. The van der Waals surface area contributed by atoms with Crippen LogP contribution in [0.2, 0.25) is 0 Å². The van der Waals surface area contributed by atoms with E-state index in [1.54, 1.807) is 0 Å². The van der Waals surface area contributed by atoms with Gasteiger partial charge in [-0.1, -0.05) is 30.5 Å². The summed E-state index contributed by atoms with van der Waals surface area (Å²) in [6, 6.07) is 3.80. The van der Waals surface area contributed by atoms with Gasteiger partial charge in [0.05, 0.1) is 11.8 Å². The van der Waals surface area contributed by atoms with E-state index in [1.807, 2.05) is 0 Å². The predicted octanol–water partition coefficient (Wildman–Crippen LogP) is 4.53. The average Bonchev–Trinajstić information content (AvgIpc) is 3.26. The summed E-state index contributed by atoms with van der Waals surface area (Å²) in [6.45, 7) is 0. The second kappa shape index (κ2) is 8.32. The molecule has 1 fully saturated rings. The van der Waals surface area contributed by atoms with Crippen molar-refractivity contribution in [2.75, 3.05) is 5.32 Å². The summed E-state index contributed by atoms with van der Waals surface area (Å²) in [4.78, 5) is 25.2. The molecule has 8 nitrogen and oxygen atoms in total. The molecule has 0 saturated heterocycles. The Labute approximate surface area is 175 Å². The Hall–Kier alpha value is -3.50. The number of hydrogen-bond donors (Lipinski definition) is 2. The van der Waals surface area contributed by atoms with Gasteiger partial charge in [-0.25, -0.2) is 9.78 Å². The highest BCUT2D eigenvalue weighted by Crippen LogP contribution is 2.37. The van der Waals surface area contributed by atoms with Crippen LogP contribution in [0.25, 0.3) is 11.5 Å². The number of alkyl halides is 3. The maximum absolute atomic E-state index is 12.9. The third-order valence-electron chi connectivity index (χ3n) is 5.14. The van der Waals surface area contributed by atoms with E-state index < -0.39 is 23.3 Å². The summed E-state index contributed by atoms with van der Waals surface area (Å²) in [5.41, 5.74) is -1.30. The summed E-state index contributed by atoms with van der Waals surface area (Å²) in [5, 5.41) is 9.28. The van der Waals surface area contributed by atoms with Crippen molar-refractivity contribution in [3.63, 3.8) is 0 Å². The Kier molecular flexibility index (Phi) is 5.57. The minimum atomic E-state index is -4.50. The minimum absolute atomic E-state index is 0.0315. The Balaban J connectivity index is 1.55. The van der Waals surface area contributed by atoms with Gasteiger partial charge >= 0.3 is 12.2 Å². The number of nitrogens with one attached hydrogen (secondary N) is 2. The largest absolute Gasteiger partial charge is 0.416 e. The number of carbonyl (C=O) groups excluding carboxylic acids is 1. The molecule has 11 heteroatoms. The first kappa shape index (κ1) is 20.8. The summed E-state index contributed by atoms with van der Waals surface area (Å²) in [7, 11) is 0. The zero-order valence-corrected chi connectivity index (χ0v) is 16.3. The zero-order valence-electron chi connectivity index (χ0n) is 16.3. The number of urea groups is 1. The van der Waals surface area contributed by atoms with Gasteiger partial charge in [0.2, 0.25) is 5.82 Å². The molecule has 31 heavy (non-hydrogen) atoms.